The zero-order valence-corrected chi connectivity index (χ0v) is 15.4. The van der Waals surface area contributed by atoms with E-state index in [9.17, 15) is 8.42 Å². The fourth-order valence-corrected chi connectivity index (χ4v) is 4.57. The molecule has 1 aliphatic heterocycles. The van der Waals surface area contributed by atoms with Crippen LogP contribution in [-0.2, 0) is 10.0 Å². The number of benzene rings is 2. The largest absolute Gasteiger partial charge is 0.495 e. The van der Waals surface area contributed by atoms with Gasteiger partial charge in [-0.15, -0.1) is 3.98 Å². The third-order valence-electron chi connectivity index (χ3n) is 3.91. The average molecular weight is 382 g/mol. The van der Waals surface area contributed by atoms with Crippen LogP contribution in [0.3, 0.4) is 0 Å². The van der Waals surface area contributed by atoms with Crippen molar-refractivity contribution in [1.82, 2.24) is 5.32 Å². The number of sulfonamides is 1. The minimum Gasteiger partial charge on any atom is -0.495 e. The molecule has 0 amide bonds. The van der Waals surface area contributed by atoms with E-state index in [0.717, 1.165) is 5.56 Å². The summed E-state index contributed by atoms with van der Waals surface area (Å²) in [6, 6.07) is 12.1. The summed E-state index contributed by atoms with van der Waals surface area (Å²) in [7, 11) is -1.02. The van der Waals surface area contributed by atoms with Crippen molar-refractivity contribution in [3.05, 3.63) is 53.1 Å². The number of hydrogen-bond acceptors (Lipinski definition) is 5. The molecule has 0 saturated carbocycles. The quantitative estimate of drug-likeness (QED) is 0.803. The van der Waals surface area contributed by atoms with E-state index in [1.165, 1.54) is 30.3 Å². The van der Waals surface area contributed by atoms with Gasteiger partial charge >= 0.3 is 10.0 Å². The monoisotopic (exact) mass is 381 g/mol. The van der Waals surface area contributed by atoms with Gasteiger partial charge in [-0.25, -0.2) is 0 Å². The van der Waals surface area contributed by atoms with Gasteiger partial charge in [0.05, 0.1) is 24.8 Å². The molecular weight excluding hydrogens is 364 g/mol. The first-order chi connectivity index (χ1) is 12.0. The second-order valence-electron chi connectivity index (χ2n) is 5.36. The molecule has 2 aromatic carbocycles. The van der Waals surface area contributed by atoms with Gasteiger partial charge in [0.25, 0.3) is 5.84 Å². The van der Waals surface area contributed by atoms with E-state index in [1.807, 2.05) is 30.3 Å². The average Bonchev–Trinajstić information content (AvgIpc) is 3.12. The minimum atomic E-state index is -3.86. The van der Waals surface area contributed by atoms with E-state index in [-0.39, 0.29) is 21.4 Å². The molecule has 2 aromatic rings. The number of amidine groups is 1. The molecule has 0 radical (unpaired) electrons. The first kappa shape index (κ1) is 17.6. The second kappa shape index (κ2) is 6.93. The molecule has 0 saturated heterocycles. The van der Waals surface area contributed by atoms with E-state index < -0.39 is 10.0 Å². The Morgan fingerprint density at radius 1 is 1.08 bits per heavy atom. The molecular formula is C17H18ClN2O4S+. The summed E-state index contributed by atoms with van der Waals surface area (Å²) in [5.41, 5.74) is 0.795. The van der Waals surface area contributed by atoms with Crippen LogP contribution in [0.25, 0.3) is 0 Å². The predicted octanol–water partition coefficient (Wildman–Crippen LogP) is 2.11. The lowest BCUT2D eigenvalue weighted by atomic mass is 10.2. The molecule has 1 aliphatic rings. The summed E-state index contributed by atoms with van der Waals surface area (Å²) >= 11 is 6.08. The molecule has 3 rings (SSSR count). The Bertz CT molecular complexity index is 927. The fourth-order valence-electron chi connectivity index (χ4n) is 2.71. The van der Waals surface area contributed by atoms with Crippen LogP contribution in [0.2, 0.25) is 5.02 Å². The summed E-state index contributed by atoms with van der Waals surface area (Å²) in [5, 5.41) is 3.42. The first-order valence-corrected chi connectivity index (χ1v) is 9.41. The van der Waals surface area contributed by atoms with E-state index in [4.69, 9.17) is 21.1 Å². The highest BCUT2D eigenvalue weighted by Gasteiger charge is 2.36. The van der Waals surface area contributed by atoms with Crippen LogP contribution in [0, 0.1) is 0 Å². The maximum Gasteiger partial charge on any atom is 0.335 e. The third kappa shape index (κ3) is 3.17. The summed E-state index contributed by atoms with van der Waals surface area (Å²) in [4.78, 5) is 0.00776. The smallest absolute Gasteiger partial charge is 0.335 e. The normalized spacial score (nSPS) is 14.4. The van der Waals surface area contributed by atoms with Gasteiger partial charge in [-0.3, -0.25) is 5.32 Å². The molecule has 0 unspecified atom stereocenters. The van der Waals surface area contributed by atoms with Crippen molar-refractivity contribution in [1.29, 1.82) is 0 Å². The first-order valence-electron chi connectivity index (χ1n) is 7.59. The van der Waals surface area contributed by atoms with Crippen molar-refractivity contribution in [3.8, 4) is 11.5 Å². The number of methoxy groups -OCH3 is 2. The van der Waals surface area contributed by atoms with Gasteiger partial charge in [0.1, 0.15) is 24.6 Å². The number of ether oxygens (including phenoxy) is 2. The van der Waals surface area contributed by atoms with Gasteiger partial charge in [0.15, 0.2) is 4.90 Å². The van der Waals surface area contributed by atoms with E-state index in [1.54, 1.807) is 0 Å². The molecule has 0 atom stereocenters. The van der Waals surface area contributed by atoms with Crippen molar-refractivity contribution < 1.29 is 21.9 Å². The van der Waals surface area contributed by atoms with Crippen LogP contribution in [0.5, 0.6) is 11.5 Å². The minimum absolute atomic E-state index is 0.00776. The Hall–Kier alpha value is -2.25. The summed E-state index contributed by atoms with van der Waals surface area (Å²) in [6.45, 7) is 0.844. The lowest BCUT2D eigenvalue weighted by Crippen LogP contribution is -2.28. The molecule has 0 aliphatic carbocycles. The zero-order chi connectivity index (χ0) is 18.0. The highest BCUT2D eigenvalue weighted by atomic mass is 35.5. The standard InChI is InChI=1S/C17H17ClN2O4S/c1-23-14-11-16(15(24-2)10-13(14)18)25(21,22)20-9-8-19-17(20)12-6-4-3-5-7-12/h3-7,10-11H,8-9H2,1-2H3/p+1. The van der Waals surface area contributed by atoms with Crippen molar-refractivity contribution >= 4 is 27.5 Å². The molecule has 8 heteroatoms. The lowest BCUT2D eigenvalue weighted by molar-refractivity contribution is -0.352. The maximum atomic E-state index is 13.3. The number of rotatable bonds is 5. The molecule has 25 heavy (non-hydrogen) atoms. The van der Waals surface area contributed by atoms with Crippen LogP contribution in [-0.4, -0.2) is 45.5 Å². The Labute approximate surface area is 151 Å². The van der Waals surface area contributed by atoms with Crippen molar-refractivity contribution in [2.45, 2.75) is 4.90 Å². The third-order valence-corrected chi connectivity index (χ3v) is 6.03. The predicted molar refractivity (Wildman–Crippen MR) is 95.4 cm³/mol. The Morgan fingerprint density at radius 3 is 2.40 bits per heavy atom. The van der Waals surface area contributed by atoms with Crippen LogP contribution in [0.15, 0.2) is 47.4 Å². The van der Waals surface area contributed by atoms with E-state index in [0.29, 0.717) is 18.9 Å². The van der Waals surface area contributed by atoms with Crippen LogP contribution >= 0.6 is 11.6 Å². The van der Waals surface area contributed by atoms with Gasteiger partial charge in [-0.05, 0) is 12.1 Å². The number of nitrogens with one attached hydrogen (secondary N) is 1. The van der Waals surface area contributed by atoms with Gasteiger partial charge in [0.2, 0.25) is 0 Å². The molecule has 1 heterocycles. The second-order valence-corrected chi connectivity index (χ2v) is 7.59. The molecule has 0 aromatic heterocycles. The van der Waals surface area contributed by atoms with E-state index >= 15 is 0 Å². The van der Waals surface area contributed by atoms with Gasteiger partial charge in [-0.2, -0.15) is 8.42 Å². The summed E-state index contributed by atoms with van der Waals surface area (Å²) in [6.07, 6.45) is 0. The highest BCUT2D eigenvalue weighted by Crippen LogP contribution is 2.36. The Balaban J connectivity index is 2.20. The van der Waals surface area contributed by atoms with Crippen LogP contribution in [0.1, 0.15) is 5.56 Å². The molecule has 0 fully saturated rings. The molecule has 1 N–H and O–H groups in total. The fraction of sp³-hybridized carbons (Fsp3) is 0.235. The highest BCUT2D eigenvalue weighted by molar-refractivity contribution is 7.85. The zero-order valence-electron chi connectivity index (χ0n) is 13.8. The van der Waals surface area contributed by atoms with Gasteiger partial charge in [-0.1, -0.05) is 29.8 Å². The Kier molecular flexibility index (Phi) is 4.87. The Morgan fingerprint density at radius 2 is 1.76 bits per heavy atom. The number of hydrogen-bond donors (Lipinski definition) is 1. The van der Waals surface area contributed by atoms with Crippen molar-refractivity contribution in [3.63, 3.8) is 0 Å². The van der Waals surface area contributed by atoms with E-state index in [2.05, 4.69) is 5.32 Å². The molecule has 132 valence electrons. The molecule has 0 spiro atoms. The maximum absolute atomic E-state index is 13.3. The molecule has 0 bridgehead atoms. The number of nitrogens with zero attached hydrogens (tertiary/aromatic N) is 1. The summed E-state index contributed by atoms with van der Waals surface area (Å²) < 4.78 is 38.3. The molecule has 6 nitrogen and oxygen atoms in total. The van der Waals surface area contributed by atoms with Crippen LogP contribution in [0.4, 0.5) is 0 Å². The topological polar surface area (TPSA) is 67.6 Å². The SMILES string of the molecule is COc1cc(S(=O)(=O)[N+]2=C(c3ccccc3)NCC2)c(OC)cc1Cl. The summed E-state index contributed by atoms with van der Waals surface area (Å²) in [5.74, 6) is 0.983. The van der Waals surface area contributed by atoms with Crippen molar-refractivity contribution in [2.75, 3.05) is 27.3 Å². The van der Waals surface area contributed by atoms with Crippen LogP contribution < -0.4 is 14.8 Å². The lowest BCUT2D eigenvalue weighted by Gasteiger charge is -2.12. The number of halogens is 1. The van der Waals surface area contributed by atoms with Gasteiger partial charge < -0.3 is 9.47 Å². The van der Waals surface area contributed by atoms with Gasteiger partial charge in [0, 0.05) is 12.1 Å². The van der Waals surface area contributed by atoms with Crippen molar-refractivity contribution in [2.24, 2.45) is 0 Å².